The Kier molecular flexibility index (Phi) is 4.08. The van der Waals surface area contributed by atoms with Crippen molar-refractivity contribution in [3.8, 4) is 0 Å². The number of nitrogens with one attached hydrogen (secondary N) is 1. The maximum atomic E-state index is 13.7. The SMILES string of the molecule is CC1CC(C)CC(Nc2c(F)cccc2Br)C1. The molecule has 0 aliphatic heterocycles. The molecule has 1 aromatic carbocycles. The van der Waals surface area contributed by atoms with Crippen LogP contribution in [0.4, 0.5) is 10.1 Å². The highest BCUT2D eigenvalue weighted by molar-refractivity contribution is 9.10. The summed E-state index contributed by atoms with van der Waals surface area (Å²) in [6.07, 6.45) is 3.55. The summed E-state index contributed by atoms with van der Waals surface area (Å²) in [6, 6.07) is 5.49. The zero-order valence-corrected chi connectivity index (χ0v) is 11.9. The van der Waals surface area contributed by atoms with Gasteiger partial charge in [-0.05, 0) is 59.2 Å². The predicted molar refractivity (Wildman–Crippen MR) is 73.7 cm³/mol. The average molecular weight is 300 g/mol. The molecular formula is C14H19BrFN. The highest BCUT2D eigenvalue weighted by Crippen LogP contribution is 2.33. The fraction of sp³-hybridized carbons (Fsp3) is 0.571. The van der Waals surface area contributed by atoms with E-state index in [1.165, 1.54) is 12.5 Å². The van der Waals surface area contributed by atoms with Crippen molar-refractivity contribution in [2.24, 2.45) is 11.8 Å². The van der Waals surface area contributed by atoms with Gasteiger partial charge < -0.3 is 5.32 Å². The maximum Gasteiger partial charge on any atom is 0.147 e. The molecule has 0 amide bonds. The number of halogens is 2. The summed E-state index contributed by atoms with van der Waals surface area (Å²) in [5, 5.41) is 3.36. The molecule has 0 saturated heterocycles. The molecule has 17 heavy (non-hydrogen) atoms. The lowest BCUT2D eigenvalue weighted by molar-refractivity contribution is 0.280. The summed E-state index contributed by atoms with van der Waals surface area (Å²) in [6.45, 7) is 4.56. The van der Waals surface area contributed by atoms with Gasteiger partial charge in [-0.15, -0.1) is 0 Å². The van der Waals surface area contributed by atoms with Crippen LogP contribution in [0, 0.1) is 17.7 Å². The molecule has 2 unspecified atom stereocenters. The van der Waals surface area contributed by atoms with Gasteiger partial charge in [0.2, 0.25) is 0 Å². The molecule has 2 atom stereocenters. The Labute approximate surface area is 111 Å². The molecule has 2 rings (SSSR count). The van der Waals surface area contributed by atoms with E-state index in [1.54, 1.807) is 6.07 Å². The number of hydrogen-bond acceptors (Lipinski definition) is 1. The molecule has 1 N–H and O–H groups in total. The molecule has 1 aromatic rings. The molecule has 1 saturated carbocycles. The lowest BCUT2D eigenvalue weighted by Gasteiger charge is -2.32. The molecule has 1 nitrogen and oxygen atoms in total. The van der Waals surface area contributed by atoms with Gasteiger partial charge in [0.15, 0.2) is 0 Å². The molecule has 0 radical (unpaired) electrons. The van der Waals surface area contributed by atoms with E-state index >= 15 is 0 Å². The molecule has 0 bridgehead atoms. The third kappa shape index (κ3) is 3.21. The molecule has 1 fully saturated rings. The predicted octanol–water partition coefficient (Wildman–Crippen LogP) is 4.82. The largest absolute Gasteiger partial charge is 0.379 e. The smallest absolute Gasteiger partial charge is 0.147 e. The van der Waals surface area contributed by atoms with Crippen LogP contribution in [0.25, 0.3) is 0 Å². The summed E-state index contributed by atoms with van der Waals surface area (Å²) >= 11 is 3.40. The van der Waals surface area contributed by atoms with Crippen molar-refractivity contribution in [1.29, 1.82) is 0 Å². The summed E-state index contributed by atoms with van der Waals surface area (Å²) in [5.74, 6) is 1.27. The van der Waals surface area contributed by atoms with Gasteiger partial charge in [0.1, 0.15) is 5.82 Å². The van der Waals surface area contributed by atoms with Gasteiger partial charge in [-0.2, -0.15) is 0 Å². The summed E-state index contributed by atoms with van der Waals surface area (Å²) in [4.78, 5) is 0. The van der Waals surface area contributed by atoms with Crippen molar-refractivity contribution >= 4 is 21.6 Å². The lowest BCUT2D eigenvalue weighted by atomic mass is 9.80. The van der Waals surface area contributed by atoms with Crippen molar-refractivity contribution in [3.05, 3.63) is 28.5 Å². The van der Waals surface area contributed by atoms with E-state index in [1.807, 2.05) is 6.07 Å². The Morgan fingerprint density at radius 2 is 1.82 bits per heavy atom. The van der Waals surface area contributed by atoms with Crippen LogP contribution >= 0.6 is 15.9 Å². The van der Waals surface area contributed by atoms with E-state index in [2.05, 4.69) is 35.1 Å². The van der Waals surface area contributed by atoms with E-state index < -0.39 is 0 Å². The minimum Gasteiger partial charge on any atom is -0.379 e. The van der Waals surface area contributed by atoms with E-state index in [0.29, 0.717) is 11.7 Å². The molecule has 0 aromatic heterocycles. The molecule has 94 valence electrons. The summed E-state index contributed by atoms with van der Waals surface area (Å²) < 4.78 is 14.5. The van der Waals surface area contributed by atoms with E-state index in [4.69, 9.17) is 0 Å². The third-order valence-electron chi connectivity index (χ3n) is 3.49. The van der Waals surface area contributed by atoms with E-state index in [-0.39, 0.29) is 5.82 Å². The molecule has 1 aliphatic rings. The highest BCUT2D eigenvalue weighted by Gasteiger charge is 2.24. The Bertz CT molecular complexity index is 364. The minimum atomic E-state index is -0.176. The van der Waals surface area contributed by atoms with Gasteiger partial charge in [-0.25, -0.2) is 4.39 Å². The maximum absolute atomic E-state index is 13.7. The van der Waals surface area contributed by atoms with Crippen molar-refractivity contribution in [3.63, 3.8) is 0 Å². The van der Waals surface area contributed by atoms with Gasteiger partial charge in [-0.1, -0.05) is 19.9 Å². The van der Waals surface area contributed by atoms with Gasteiger partial charge >= 0.3 is 0 Å². The first-order chi connectivity index (χ1) is 8.06. The van der Waals surface area contributed by atoms with Crippen LogP contribution < -0.4 is 5.32 Å². The van der Waals surface area contributed by atoms with Crippen molar-refractivity contribution in [2.45, 2.75) is 39.2 Å². The summed E-state index contributed by atoms with van der Waals surface area (Å²) in [7, 11) is 0. The van der Waals surface area contributed by atoms with Crippen LogP contribution in [0.3, 0.4) is 0 Å². The standard InChI is InChI=1S/C14H19BrFN/c1-9-6-10(2)8-11(7-9)17-14-12(15)4-3-5-13(14)16/h3-5,9-11,17H,6-8H2,1-2H3. The monoisotopic (exact) mass is 299 g/mol. The zero-order valence-electron chi connectivity index (χ0n) is 10.3. The second-order valence-electron chi connectivity index (χ2n) is 5.36. The molecule has 1 aliphatic carbocycles. The van der Waals surface area contributed by atoms with E-state index in [9.17, 15) is 4.39 Å². The van der Waals surface area contributed by atoms with Crippen molar-refractivity contribution in [1.82, 2.24) is 0 Å². The Morgan fingerprint density at radius 3 is 2.41 bits per heavy atom. The van der Waals surface area contributed by atoms with Gasteiger partial charge in [0.25, 0.3) is 0 Å². The van der Waals surface area contributed by atoms with Crippen LogP contribution in [-0.4, -0.2) is 6.04 Å². The summed E-state index contributed by atoms with van der Waals surface area (Å²) in [5.41, 5.74) is 0.610. The van der Waals surface area contributed by atoms with Gasteiger partial charge in [-0.3, -0.25) is 0 Å². The lowest BCUT2D eigenvalue weighted by Crippen LogP contribution is -2.30. The van der Waals surface area contributed by atoms with Crippen LogP contribution in [0.15, 0.2) is 22.7 Å². The number of anilines is 1. The van der Waals surface area contributed by atoms with Gasteiger partial charge in [0.05, 0.1) is 5.69 Å². The number of para-hydroxylation sites is 1. The van der Waals surface area contributed by atoms with Gasteiger partial charge in [0, 0.05) is 10.5 Å². The fourth-order valence-corrected chi connectivity index (χ4v) is 3.36. The normalized spacial score (nSPS) is 29.1. The third-order valence-corrected chi connectivity index (χ3v) is 4.15. The molecule has 0 heterocycles. The Balaban J connectivity index is 2.10. The Hall–Kier alpha value is -0.570. The van der Waals surface area contributed by atoms with Crippen LogP contribution in [0.5, 0.6) is 0 Å². The first kappa shape index (κ1) is 12.9. The quantitative estimate of drug-likeness (QED) is 0.825. The first-order valence-electron chi connectivity index (χ1n) is 6.26. The van der Waals surface area contributed by atoms with E-state index in [0.717, 1.165) is 29.2 Å². The minimum absolute atomic E-state index is 0.176. The molecule has 3 heteroatoms. The molecular weight excluding hydrogens is 281 g/mol. The van der Waals surface area contributed by atoms with Crippen molar-refractivity contribution < 1.29 is 4.39 Å². The topological polar surface area (TPSA) is 12.0 Å². The average Bonchev–Trinajstić information content (AvgIpc) is 2.22. The van der Waals surface area contributed by atoms with Crippen molar-refractivity contribution in [2.75, 3.05) is 5.32 Å². The van der Waals surface area contributed by atoms with Crippen LogP contribution in [-0.2, 0) is 0 Å². The fourth-order valence-electron chi connectivity index (χ4n) is 2.90. The molecule has 0 spiro atoms. The highest BCUT2D eigenvalue weighted by atomic mass is 79.9. The zero-order chi connectivity index (χ0) is 12.4. The second-order valence-corrected chi connectivity index (χ2v) is 6.21. The first-order valence-corrected chi connectivity index (χ1v) is 7.06. The number of benzene rings is 1. The van der Waals surface area contributed by atoms with Crippen LogP contribution in [0.2, 0.25) is 0 Å². The number of hydrogen-bond donors (Lipinski definition) is 1. The Morgan fingerprint density at radius 1 is 1.18 bits per heavy atom. The number of rotatable bonds is 2. The van der Waals surface area contributed by atoms with Crippen LogP contribution in [0.1, 0.15) is 33.1 Å². The second kappa shape index (κ2) is 5.38.